The Morgan fingerprint density at radius 3 is 2.59 bits per heavy atom. The third-order valence-corrected chi connectivity index (χ3v) is 4.10. The van der Waals surface area contributed by atoms with Gasteiger partial charge in [0.1, 0.15) is 18.1 Å². The number of benzene rings is 1. The molecule has 0 fully saturated rings. The Hall–Kier alpha value is -3.74. The summed E-state index contributed by atoms with van der Waals surface area (Å²) < 4.78 is 3.39. The second-order valence-electron chi connectivity index (χ2n) is 6.10. The SMILES string of the molecule is Cn1nc(-c2ccccn2)cc1NC(=O)Cn1cnc(-c2ccccc2)c1. The maximum absolute atomic E-state index is 12.4. The number of carbonyl (C=O) groups is 1. The molecule has 1 aromatic carbocycles. The topological polar surface area (TPSA) is 77.6 Å². The molecule has 0 spiro atoms. The van der Waals surface area contributed by atoms with Gasteiger partial charge in [0, 0.05) is 31.1 Å². The molecular weight excluding hydrogens is 340 g/mol. The molecule has 0 saturated carbocycles. The van der Waals surface area contributed by atoms with Crippen molar-refractivity contribution in [3.63, 3.8) is 0 Å². The van der Waals surface area contributed by atoms with E-state index in [1.807, 2.05) is 60.8 Å². The van der Waals surface area contributed by atoms with Crippen molar-refractivity contribution < 1.29 is 4.79 Å². The molecule has 7 nitrogen and oxygen atoms in total. The molecule has 0 aliphatic rings. The summed E-state index contributed by atoms with van der Waals surface area (Å²) in [6.45, 7) is 0.171. The predicted molar refractivity (Wildman–Crippen MR) is 103 cm³/mol. The first kappa shape index (κ1) is 16.7. The Morgan fingerprint density at radius 1 is 1.00 bits per heavy atom. The van der Waals surface area contributed by atoms with E-state index in [-0.39, 0.29) is 12.5 Å². The fourth-order valence-electron chi connectivity index (χ4n) is 2.78. The molecule has 3 aromatic heterocycles. The van der Waals surface area contributed by atoms with Crippen molar-refractivity contribution in [3.8, 4) is 22.6 Å². The van der Waals surface area contributed by atoms with E-state index >= 15 is 0 Å². The lowest BCUT2D eigenvalue weighted by molar-refractivity contribution is -0.116. The van der Waals surface area contributed by atoms with E-state index in [1.165, 1.54) is 0 Å². The lowest BCUT2D eigenvalue weighted by Crippen LogP contribution is -2.19. The Bertz CT molecular complexity index is 1050. The summed E-state index contributed by atoms with van der Waals surface area (Å²) in [5.74, 6) is 0.464. The summed E-state index contributed by atoms with van der Waals surface area (Å²) in [7, 11) is 1.78. The van der Waals surface area contributed by atoms with E-state index in [9.17, 15) is 4.79 Å². The number of pyridine rings is 1. The minimum atomic E-state index is -0.150. The molecule has 1 amide bonds. The van der Waals surface area contributed by atoms with Crippen molar-refractivity contribution in [1.82, 2.24) is 24.3 Å². The number of nitrogens with one attached hydrogen (secondary N) is 1. The van der Waals surface area contributed by atoms with E-state index in [2.05, 4.69) is 20.4 Å². The lowest BCUT2D eigenvalue weighted by atomic mass is 10.2. The minimum absolute atomic E-state index is 0.150. The number of hydrogen-bond donors (Lipinski definition) is 1. The van der Waals surface area contributed by atoms with Crippen LogP contribution in [-0.4, -0.2) is 30.2 Å². The largest absolute Gasteiger partial charge is 0.327 e. The van der Waals surface area contributed by atoms with Gasteiger partial charge in [-0.15, -0.1) is 0 Å². The maximum atomic E-state index is 12.4. The van der Waals surface area contributed by atoms with Gasteiger partial charge in [-0.05, 0) is 12.1 Å². The Morgan fingerprint density at radius 2 is 1.81 bits per heavy atom. The number of rotatable bonds is 5. The molecule has 1 N–H and O–H groups in total. The van der Waals surface area contributed by atoms with Crippen LogP contribution in [0.1, 0.15) is 0 Å². The van der Waals surface area contributed by atoms with Gasteiger partial charge in [-0.1, -0.05) is 36.4 Å². The Balaban J connectivity index is 1.44. The average molecular weight is 358 g/mol. The zero-order valence-corrected chi connectivity index (χ0v) is 14.8. The maximum Gasteiger partial charge on any atom is 0.245 e. The molecule has 134 valence electrons. The number of anilines is 1. The summed E-state index contributed by atoms with van der Waals surface area (Å²) in [4.78, 5) is 21.1. The monoisotopic (exact) mass is 358 g/mol. The molecule has 0 unspecified atom stereocenters. The van der Waals surface area contributed by atoms with Crippen LogP contribution in [0.5, 0.6) is 0 Å². The molecule has 0 atom stereocenters. The van der Waals surface area contributed by atoms with Crippen LogP contribution in [0.2, 0.25) is 0 Å². The van der Waals surface area contributed by atoms with Gasteiger partial charge in [-0.3, -0.25) is 14.5 Å². The van der Waals surface area contributed by atoms with Crippen LogP contribution in [0, 0.1) is 0 Å². The van der Waals surface area contributed by atoms with Gasteiger partial charge in [0.15, 0.2) is 0 Å². The molecule has 4 rings (SSSR count). The minimum Gasteiger partial charge on any atom is -0.327 e. The molecular formula is C20H18N6O. The summed E-state index contributed by atoms with van der Waals surface area (Å²) in [6.07, 6.45) is 5.23. The fourth-order valence-corrected chi connectivity index (χ4v) is 2.78. The van der Waals surface area contributed by atoms with E-state index in [4.69, 9.17) is 0 Å². The quantitative estimate of drug-likeness (QED) is 0.595. The van der Waals surface area contributed by atoms with Gasteiger partial charge in [0.2, 0.25) is 5.91 Å². The third-order valence-electron chi connectivity index (χ3n) is 4.10. The highest BCUT2D eigenvalue weighted by Gasteiger charge is 2.12. The van der Waals surface area contributed by atoms with Crippen LogP contribution < -0.4 is 5.32 Å². The molecule has 0 aliphatic heterocycles. The molecule has 0 radical (unpaired) electrons. The molecule has 27 heavy (non-hydrogen) atoms. The van der Waals surface area contributed by atoms with Gasteiger partial charge < -0.3 is 9.88 Å². The summed E-state index contributed by atoms with van der Waals surface area (Å²) in [5, 5.41) is 7.29. The van der Waals surface area contributed by atoms with E-state index in [1.54, 1.807) is 28.8 Å². The first-order valence-corrected chi connectivity index (χ1v) is 8.51. The van der Waals surface area contributed by atoms with E-state index < -0.39 is 0 Å². The highest BCUT2D eigenvalue weighted by molar-refractivity contribution is 5.90. The molecule has 3 heterocycles. The predicted octanol–water partition coefficient (Wildman–Crippen LogP) is 2.98. The normalized spacial score (nSPS) is 10.7. The number of aromatic nitrogens is 5. The van der Waals surface area contributed by atoms with Crippen LogP contribution in [0.4, 0.5) is 5.82 Å². The lowest BCUT2D eigenvalue weighted by Gasteiger charge is -2.05. The third kappa shape index (κ3) is 3.77. The van der Waals surface area contributed by atoms with Crippen LogP contribution in [-0.2, 0) is 18.4 Å². The van der Waals surface area contributed by atoms with Gasteiger partial charge in [0.25, 0.3) is 0 Å². The van der Waals surface area contributed by atoms with Crippen molar-refractivity contribution in [2.75, 3.05) is 5.32 Å². The smallest absolute Gasteiger partial charge is 0.245 e. The fraction of sp³-hybridized carbons (Fsp3) is 0.100. The Labute approximate surface area is 156 Å². The highest BCUT2D eigenvalue weighted by Crippen LogP contribution is 2.19. The highest BCUT2D eigenvalue weighted by atomic mass is 16.2. The first-order valence-electron chi connectivity index (χ1n) is 8.51. The van der Waals surface area contributed by atoms with Crippen LogP contribution in [0.3, 0.4) is 0 Å². The van der Waals surface area contributed by atoms with Crippen LogP contribution in [0.25, 0.3) is 22.6 Å². The number of imidazole rings is 1. The molecule has 0 bridgehead atoms. The number of nitrogens with zero attached hydrogens (tertiary/aromatic N) is 5. The van der Waals surface area contributed by atoms with E-state index in [0.717, 1.165) is 17.0 Å². The standard InChI is InChI=1S/C20H18N6O/c1-25-19(11-17(24-25)16-9-5-6-10-21-16)23-20(27)13-26-12-18(22-14-26)15-7-3-2-4-8-15/h2-12,14H,13H2,1H3,(H,23,27). The van der Waals surface area contributed by atoms with Crippen molar-refractivity contribution in [2.24, 2.45) is 7.05 Å². The number of amides is 1. The molecule has 4 aromatic rings. The molecule has 7 heteroatoms. The second-order valence-corrected chi connectivity index (χ2v) is 6.10. The molecule has 0 saturated heterocycles. The first-order chi connectivity index (χ1) is 13.2. The summed E-state index contributed by atoms with van der Waals surface area (Å²) in [5.41, 5.74) is 3.32. The number of carbonyl (C=O) groups excluding carboxylic acids is 1. The second kappa shape index (κ2) is 7.25. The summed E-state index contributed by atoms with van der Waals surface area (Å²) >= 11 is 0. The van der Waals surface area contributed by atoms with E-state index in [0.29, 0.717) is 11.5 Å². The van der Waals surface area contributed by atoms with Crippen molar-refractivity contribution in [3.05, 3.63) is 73.3 Å². The zero-order chi connectivity index (χ0) is 18.6. The zero-order valence-electron chi connectivity index (χ0n) is 14.8. The van der Waals surface area contributed by atoms with Crippen molar-refractivity contribution in [2.45, 2.75) is 6.54 Å². The van der Waals surface area contributed by atoms with Gasteiger partial charge in [0.05, 0.1) is 17.7 Å². The Kier molecular flexibility index (Phi) is 4.49. The van der Waals surface area contributed by atoms with Gasteiger partial charge in [-0.25, -0.2) is 4.98 Å². The average Bonchev–Trinajstić information content (AvgIpc) is 3.30. The number of aryl methyl sites for hydroxylation is 1. The van der Waals surface area contributed by atoms with Crippen LogP contribution in [0.15, 0.2) is 73.3 Å². The van der Waals surface area contributed by atoms with Crippen LogP contribution >= 0.6 is 0 Å². The van der Waals surface area contributed by atoms with Gasteiger partial charge >= 0.3 is 0 Å². The van der Waals surface area contributed by atoms with Gasteiger partial charge in [-0.2, -0.15) is 5.10 Å². The molecule has 0 aliphatic carbocycles. The van der Waals surface area contributed by atoms with Crippen molar-refractivity contribution in [1.29, 1.82) is 0 Å². The van der Waals surface area contributed by atoms with Crippen molar-refractivity contribution >= 4 is 11.7 Å². The number of hydrogen-bond acceptors (Lipinski definition) is 4. The summed E-state index contributed by atoms with van der Waals surface area (Å²) in [6, 6.07) is 17.3.